The molecule has 2 aromatic carbocycles. The molecule has 2 aromatic heterocycles. The van der Waals surface area contributed by atoms with Crippen LogP contribution >= 0.6 is 11.8 Å². The summed E-state index contributed by atoms with van der Waals surface area (Å²) in [6.45, 7) is 3.71. The number of benzene rings is 2. The number of aryl methyl sites for hydroxylation is 1. The average Bonchev–Trinajstić information content (AvgIpc) is 3.47. The van der Waals surface area contributed by atoms with Crippen molar-refractivity contribution in [3.8, 4) is 17.3 Å². The Morgan fingerprint density at radius 2 is 2.03 bits per heavy atom. The van der Waals surface area contributed by atoms with Crippen LogP contribution in [-0.4, -0.2) is 49.1 Å². The minimum absolute atomic E-state index is 0.00189. The van der Waals surface area contributed by atoms with E-state index >= 15 is 0 Å². The number of amides is 1. The number of carbonyl (C=O) groups is 1. The smallest absolute Gasteiger partial charge is 0.293 e. The number of rotatable bonds is 8. The molecular formula is C22H22N8O4S. The molecule has 0 unspecified atom stereocenters. The van der Waals surface area contributed by atoms with Gasteiger partial charge in [-0.15, -0.1) is 16.9 Å². The predicted molar refractivity (Wildman–Crippen MR) is 129 cm³/mol. The molecule has 0 saturated heterocycles. The third-order valence-corrected chi connectivity index (χ3v) is 6.02. The van der Waals surface area contributed by atoms with Crippen molar-refractivity contribution in [2.45, 2.75) is 24.5 Å². The standard InChI is InChI=1S/C22H22N8O4S/c1-12-4-7-15(8-5-12)35-11-16-19(25-29-30(16)21-20(23)27-34-28-21)22(32)26-24-13(2)14-6-9-17(31)18(10-14)33-3/h4-10,31H,11H2,1-3H3,(H2,23,27)(H,26,32)/b24-13-. The highest BCUT2D eigenvalue weighted by Gasteiger charge is 2.24. The molecule has 0 aliphatic rings. The zero-order valence-electron chi connectivity index (χ0n) is 19.1. The van der Waals surface area contributed by atoms with E-state index in [1.807, 2.05) is 31.2 Å². The Morgan fingerprint density at radius 3 is 2.71 bits per heavy atom. The summed E-state index contributed by atoms with van der Waals surface area (Å²) in [5.74, 6) is 0.201. The van der Waals surface area contributed by atoms with Crippen molar-refractivity contribution < 1.29 is 19.3 Å². The molecular weight excluding hydrogens is 472 g/mol. The molecule has 0 spiro atoms. The topological polar surface area (TPSA) is 167 Å². The molecule has 1 amide bonds. The summed E-state index contributed by atoms with van der Waals surface area (Å²) in [6.07, 6.45) is 0. The molecule has 4 N–H and O–H groups in total. The molecule has 0 saturated carbocycles. The number of hydrazone groups is 1. The molecule has 4 aromatic rings. The highest BCUT2D eigenvalue weighted by molar-refractivity contribution is 7.98. The van der Waals surface area contributed by atoms with Gasteiger partial charge in [0.25, 0.3) is 5.91 Å². The van der Waals surface area contributed by atoms with Crippen molar-refractivity contribution in [3.05, 3.63) is 65.0 Å². The summed E-state index contributed by atoms with van der Waals surface area (Å²) < 4.78 is 11.1. The Kier molecular flexibility index (Phi) is 6.96. The number of methoxy groups -OCH3 is 1. The molecule has 35 heavy (non-hydrogen) atoms. The number of nitrogen functional groups attached to an aromatic ring is 1. The predicted octanol–water partition coefficient (Wildman–Crippen LogP) is 2.70. The molecule has 0 aliphatic heterocycles. The minimum Gasteiger partial charge on any atom is -0.504 e. The number of carbonyl (C=O) groups excluding carboxylic acids is 1. The lowest BCUT2D eigenvalue weighted by Crippen LogP contribution is -2.21. The Balaban J connectivity index is 1.59. The zero-order valence-corrected chi connectivity index (χ0v) is 19.9. The van der Waals surface area contributed by atoms with Gasteiger partial charge in [-0.1, -0.05) is 22.9 Å². The first kappa shape index (κ1) is 23.8. The maximum Gasteiger partial charge on any atom is 0.293 e. The molecule has 0 atom stereocenters. The summed E-state index contributed by atoms with van der Waals surface area (Å²) in [5.41, 5.74) is 11.1. The quantitative estimate of drug-likeness (QED) is 0.188. The van der Waals surface area contributed by atoms with E-state index in [4.69, 9.17) is 10.5 Å². The van der Waals surface area contributed by atoms with Gasteiger partial charge in [-0.2, -0.15) is 9.78 Å². The largest absolute Gasteiger partial charge is 0.504 e. The number of nitrogens with zero attached hydrogens (tertiary/aromatic N) is 6. The van der Waals surface area contributed by atoms with E-state index in [9.17, 15) is 9.90 Å². The van der Waals surface area contributed by atoms with Crippen LogP contribution in [0, 0.1) is 6.92 Å². The van der Waals surface area contributed by atoms with E-state index in [0.29, 0.717) is 28.5 Å². The molecule has 0 aliphatic carbocycles. The van der Waals surface area contributed by atoms with E-state index in [2.05, 4.69) is 35.8 Å². The number of thioether (sulfide) groups is 1. The number of hydrogen-bond donors (Lipinski definition) is 3. The van der Waals surface area contributed by atoms with Crippen LogP contribution in [-0.2, 0) is 5.75 Å². The van der Waals surface area contributed by atoms with Crippen LogP contribution in [0.15, 0.2) is 57.1 Å². The van der Waals surface area contributed by atoms with E-state index in [-0.39, 0.29) is 23.1 Å². The molecule has 0 radical (unpaired) electrons. The number of aromatic hydroxyl groups is 1. The summed E-state index contributed by atoms with van der Waals surface area (Å²) in [5, 5.41) is 29.4. The van der Waals surface area contributed by atoms with Gasteiger partial charge in [0.15, 0.2) is 17.2 Å². The first-order valence-corrected chi connectivity index (χ1v) is 11.3. The van der Waals surface area contributed by atoms with E-state index in [1.54, 1.807) is 19.1 Å². The van der Waals surface area contributed by atoms with Gasteiger partial charge in [-0.25, -0.2) is 10.1 Å². The summed E-state index contributed by atoms with van der Waals surface area (Å²) in [4.78, 5) is 14.0. The second kappa shape index (κ2) is 10.3. The fraction of sp³-hybridized carbons (Fsp3) is 0.182. The molecule has 4 rings (SSSR count). The third-order valence-electron chi connectivity index (χ3n) is 4.99. The van der Waals surface area contributed by atoms with Crippen molar-refractivity contribution in [2.75, 3.05) is 12.8 Å². The fourth-order valence-electron chi connectivity index (χ4n) is 3.06. The van der Waals surface area contributed by atoms with Crippen molar-refractivity contribution in [2.24, 2.45) is 5.10 Å². The van der Waals surface area contributed by atoms with Gasteiger partial charge in [-0.3, -0.25) is 4.79 Å². The Morgan fingerprint density at radius 1 is 1.26 bits per heavy atom. The Hall–Kier alpha value is -4.39. The first-order chi connectivity index (χ1) is 16.9. The maximum absolute atomic E-state index is 13.0. The lowest BCUT2D eigenvalue weighted by molar-refractivity contribution is 0.0949. The molecule has 180 valence electrons. The van der Waals surface area contributed by atoms with E-state index in [1.165, 1.54) is 29.6 Å². The normalized spacial score (nSPS) is 11.5. The Bertz CT molecular complexity index is 1380. The van der Waals surface area contributed by atoms with Gasteiger partial charge in [0.2, 0.25) is 11.6 Å². The van der Waals surface area contributed by atoms with Gasteiger partial charge < -0.3 is 15.6 Å². The minimum atomic E-state index is -0.573. The lowest BCUT2D eigenvalue weighted by atomic mass is 10.1. The number of aromatic nitrogens is 5. The number of nitrogens with one attached hydrogen (secondary N) is 1. The van der Waals surface area contributed by atoms with Crippen LogP contribution in [0.4, 0.5) is 5.82 Å². The zero-order chi connectivity index (χ0) is 24.9. The SMILES string of the molecule is COc1cc(/C(C)=N\NC(=O)c2nnn(-c3nonc3N)c2CSc2ccc(C)cc2)ccc1O. The monoisotopic (exact) mass is 494 g/mol. The maximum atomic E-state index is 13.0. The number of phenols is 1. The summed E-state index contributed by atoms with van der Waals surface area (Å²) in [7, 11) is 1.45. The van der Waals surface area contributed by atoms with Crippen LogP contribution in [0.2, 0.25) is 0 Å². The number of anilines is 1. The van der Waals surface area contributed by atoms with Gasteiger partial charge in [0.1, 0.15) is 0 Å². The van der Waals surface area contributed by atoms with Crippen LogP contribution in [0.25, 0.3) is 5.82 Å². The van der Waals surface area contributed by atoms with Gasteiger partial charge in [-0.05, 0) is 54.5 Å². The highest BCUT2D eigenvalue weighted by atomic mass is 32.2. The van der Waals surface area contributed by atoms with Crippen LogP contribution in [0.5, 0.6) is 11.5 Å². The van der Waals surface area contributed by atoms with Crippen molar-refractivity contribution in [1.82, 2.24) is 30.7 Å². The average molecular weight is 495 g/mol. The number of phenolic OH excluding ortho intramolecular Hbond substituents is 1. The summed E-state index contributed by atoms with van der Waals surface area (Å²) >= 11 is 1.49. The van der Waals surface area contributed by atoms with Crippen LogP contribution < -0.4 is 15.9 Å². The Labute approximate surface area is 204 Å². The van der Waals surface area contributed by atoms with E-state index < -0.39 is 5.91 Å². The molecule has 13 heteroatoms. The van der Waals surface area contributed by atoms with Gasteiger partial charge in [0, 0.05) is 16.2 Å². The second-order valence-electron chi connectivity index (χ2n) is 7.40. The molecule has 0 bridgehead atoms. The molecule has 0 fully saturated rings. The first-order valence-electron chi connectivity index (χ1n) is 10.3. The third kappa shape index (κ3) is 5.24. The summed E-state index contributed by atoms with van der Waals surface area (Å²) in [6, 6.07) is 12.7. The van der Waals surface area contributed by atoms with Gasteiger partial charge in [0.05, 0.1) is 18.5 Å². The van der Waals surface area contributed by atoms with Crippen molar-refractivity contribution in [3.63, 3.8) is 0 Å². The number of nitrogens with two attached hydrogens (primary N) is 1. The lowest BCUT2D eigenvalue weighted by Gasteiger charge is -2.08. The second-order valence-corrected chi connectivity index (χ2v) is 8.44. The number of hydrogen-bond acceptors (Lipinski definition) is 11. The van der Waals surface area contributed by atoms with Crippen LogP contribution in [0.3, 0.4) is 0 Å². The van der Waals surface area contributed by atoms with Crippen molar-refractivity contribution >= 4 is 29.2 Å². The van der Waals surface area contributed by atoms with Crippen molar-refractivity contribution in [1.29, 1.82) is 0 Å². The van der Waals surface area contributed by atoms with Gasteiger partial charge >= 0.3 is 0 Å². The fourth-order valence-corrected chi connectivity index (χ4v) is 3.95. The van der Waals surface area contributed by atoms with Crippen LogP contribution in [0.1, 0.15) is 34.2 Å². The number of ether oxygens (including phenoxy) is 1. The molecule has 2 heterocycles. The highest BCUT2D eigenvalue weighted by Crippen LogP contribution is 2.27. The molecule has 12 nitrogen and oxygen atoms in total. The van der Waals surface area contributed by atoms with E-state index in [0.717, 1.165) is 10.5 Å².